The first-order valence-corrected chi connectivity index (χ1v) is 11.1. The molecular weight excluding hydrogens is 372 g/mol. The van der Waals surface area contributed by atoms with E-state index in [1.54, 1.807) is 0 Å². The Morgan fingerprint density at radius 1 is 1.07 bits per heavy atom. The van der Waals surface area contributed by atoms with Crippen LogP contribution in [0.3, 0.4) is 0 Å². The molecule has 0 aliphatic carbocycles. The summed E-state index contributed by atoms with van der Waals surface area (Å²) in [5, 5.41) is 6.89. The molecular formula is C24H36N6. The van der Waals surface area contributed by atoms with Gasteiger partial charge >= 0.3 is 0 Å². The zero-order valence-electron chi connectivity index (χ0n) is 18.6. The number of benzene rings is 1. The molecule has 0 amide bonds. The first-order valence-electron chi connectivity index (χ1n) is 11.1. The average molecular weight is 409 g/mol. The molecule has 30 heavy (non-hydrogen) atoms. The Morgan fingerprint density at radius 2 is 1.83 bits per heavy atom. The Kier molecular flexibility index (Phi) is 8.51. The van der Waals surface area contributed by atoms with Crippen LogP contribution in [0.15, 0.2) is 53.7 Å². The van der Waals surface area contributed by atoms with Crippen molar-refractivity contribution >= 4 is 11.8 Å². The van der Waals surface area contributed by atoms with Crippen LogP contribution in [-0.4, -0.2) is 61.7 Å². The largest absolute Gasteiger partial charge is 0.357 e. The van der Waals surface area contributed by atoms with Crippen molar-refractivity contribution in [2.45, 2.75) is 39.3 Å². The highest BCUT2D eigenvalue weighted by atomic mass is 15.3. The number of aromatic nitrogens is 1. The van der Waals surface area contributed by atoms with Gasteiger partial charge in [0.05, 0.1) is 6.54 Å². The number of hydrogen-bond donors (Lipinski definition) is 2. The van der Waals surface area contributed by atoms with Crippen molar-refractivity contribution in [1.82, 2.24) is 20.5 Å². The molecule has 1 aromatic carbocycles. The predicted octanol–water partition coefficient (Wildman–Crippen LogP) is 2.91. The van der Waals surface area contributed by atoms with Gasteiger partial charge in [-0.05, 0) is 50.9 Å². The van der Waals surface area contributed by atoms with E-state index in [0.29, 0.717) is 12.6 Å². The lowest BCUT2D eigenvalue weighted by atomic mass is 10.1. The Morgan fingerprint density at radius 3 is 2.50 bits per heavy atom. The van der Waals surface area contributed by atoms with Gasteiger partial charge in [0.25, 0.3) is 0 Å². The molecule has 0 saturated carbocycles. The van der Waals surface area contributed by atoms with E-state index in [2.05, 4.69) is 88.8 Å². The van der Waals surface area contributed by atoms with Gasteiger partial charge in [0.1, 0.15) is 5.82 Å². The number of aliphatic imine (C=N–C) groups is 1. The Balaban J connectivity index is 1.51. The monoisotopic (exact) mass is 408 g/mol. The van der Waals surface area contributed by atoms with E-state index in [1.807, 2.05) is 6.20 Å². The predicted molar refractivity (Wildman–Crippen MR) is 126 cm³/mol. The molecule has 1 saturated heterocycles. The minimum absolute atomic E-state index is 0.348. The van der Waals surface area contributed by atoms with Crippen LogP contribution in [0.5, 0.6) is 0 Å². The first-order chi connectivity index (χ1) is 14.6. The summed E-state index contributed by atoms with van der Waals surface area (Å²) in [6.45, 7) is 10.0. The van der Waals surface area contributed by atoms with Crippen LogP contribution in [0.4, 0.5) is 5.82 Å². The third-order valence-electron chi connectivity index (χ3n) is 5.49. The SMILES string of the molecule is CCNC(=NCc1ccc(N2CCN(C)CC2)nc1)NC(C)CCc1ccccc1. The van der Waals surface area contributed by atoms with E-state index in [9.17, 15) is 0 Å². The van der Waals surface area contributed by atoms with Gasteiger partial charge in [-0.1, -0.05) is 36.4 Å². The highest BCUT2D eigenvalue weighted by Gasteiger charge is 2.15. The fourth-order valence-electron chi connectivity index (χ4n) is 3.56. The van der Waals surface area contributed by atoms with Crippen LogP contribution < -0.4 is 15.5 Å². The smallest absolute Gasteiger partial charge is 0.191 e. The number of likely N-dealkylation sites (N-methyl/N-ethyl adjacent to an activating group) is 1. The normalized spacial score (nSPS) is 16.4. The maximum Gasteiger partial charge on any atom is 0.191 e. The number of rotatable bonds is 8. The molecule has 2 heterocycles. The van der Waals surface area contributed by atoms with E-state index >= 15 is 0 Å². The van der Waals surface area contributed by atoms with E-state index in [0.717, 1.165) is 62.9 Å². The van der Waals surface area contributed by atoms with Crippen molar-refractivity contribution in [2.24, 2.45) is 4.99 Å². The lowest BCUT2D eigenvalue weighted by Gasteiger charge is -2.33. The van der Waals surface area contributed by atoms with E-state index in [4.69, 9.17) is 4.99 Å². The van der Waals surface area contributed by atoms with E-state index < -0.39 is 0 Å². The molecule has 1 unspecified atom stereocenters. The van der Waals surface area contributed by atoms with Crippen molar-refractivity contribution in [3.8, 4) is 0 Å². The van der Waals surface area contributed by atoms with Crippen LogP contribution >= 0.6 is 0 Å². The minimum Gasteiger partial charge on any atom is -0.357 e. The number of anilines is 1. The Bertz CT molecular complexity index is 766. The minimum atomic E-state index is 0.348. The van der Waals surface area contributed by atoms with Crippen molar-refractivity contribution in [3.05, 3.63) is 59.8 Å². The molecule has 3 rings (SSSR count). The molecule has 0 spiro atoms. The first kappa shape index (κ1) is 22.1. The van der Waals surface area contributed by atoms with Gasteiger partial charge in [-0.15, -0.1) is 0 Å². The van der Waals surface area contributed by atoms with Gasteiger partial charge in [-0.25, -0.2) is 9.98 Å². The van der Waals surface area contributed by atoms with Gasteiger partial charge in [0.2, 0.25) is 0 Å². The van der Waals surface area contributed by atoms with Crippen LogP contribution in [0, 0.1) is 0 Å². The maximum absolute atomic E-state index is 4.76. The second kappa shape index (κ2) is 11.6. The summed E-state index contributed by atoms with van der Waals surface area (Å²) in [7, 11) is 2.17. The number of nitrogens with zero attached hydrogens (tertiary/aromatic N) is 4. The standard InChI is InChI=1S/C24H36N6/c1-4-25-24(28-20(2)10-11-21-8-6-5-7-9-21)27-19-22-12-13-23(26-18-22)30-16-14-29(3)15-17-30/h5-9,12-13,18,20H,4,10-11,14-17,19H2,1-3H3,(H2,25,27,28). The average Bonchev–Trinajstić information content (AvgIpc) is 2.78. The van der Waals surface area contributed by atoms with Crippen molar-refractivity contribution < 1.29 is 0 Å². The van der Waals surface area contributed by atoms with Crippen molar-refractivity contribution in [3.63, 3.8) is 0 Å². The molecule has 2 aromatic rings. The molecule has 1 aliphatic heterocycles. The highest BCUT2D eigenvalue weighted by molar-refractivity contribution is 5.80. The van der Waals surface area contributed by atoms with Gasteiger partial charge in [-0.3, -0.25) is 0 Å². The van der Waals surface area contributed by atoms with Crippen LogP contribution in [0.2, 0.25) is 0 Å². The number of nitrogens with one attached hydrogen (secondary N) is 2. The highest BCUT2D eigenvalue weighted by Crippen LogP contribution is 2.14. The fourth-order valence-corrected chi connectivity index (χ4v) is 3.56. The molecule has 6 heteroatoms. The van der Waals surface area contributed by atoms with E-state index in [-0.39, 0.29) is 0 Å². The summed E-state index contributed by atoms with van der Waals surface area (Å²) in [4.78, 5) is 14.1. The third-order valence-corrected chi connectivity index (χ3v) is 5.49. The third kappa shape index (κ3) is 7.02. The Hall–Kier alpha value is -2.60. The maximum atomic E-state index is 4.76. The number of guanidine groups is 1. The quantitative estimate of drug-likeness (QED) is 0.520. The number of piperazine rings is 1. The molecule has 0 bridgehead atoms. The zero-order valence-corrected chi connectivity index (χ0v) is 18.6. The Labute approximate surface area is 181 Å². The second-order valence-corrected chi connectivity index (χ2v) is 8.08. The second-order valence-electron chi connectivity index (χ2n) is 8.08. The molecule has 1 atom stereocenters. The van der Waals surface area contributed by atoms with Gasteiger partial charge in [0, 0.05) is 45.0 Å². The molecule has 0 radical (unpaired) electrons. The molecule has 1 aromatic heterocycles. The number of hydrogen-bond acceptors (Lipinski definition) is 4. The van der Waals surface area contributed by atoms with Crippen LogP contribution in [0.25, 0.3) is 0 Å². The summed E-state index contributed by atoms with van der Waals surface area (Å²) in [5.41, 5.74) is 2.50. The lowest BCUT2D eigenvalue weighted by molar-refractivity contribution is 0.312. The molecule has 1 fully saturated rings. The van der Waals surface area contributed by atoms with Crippen LogP contribution in [0.1, 0.15) is 31.4 Å². The van der Waals surface area contributed by atoms with Crippen LogP contribution in [-0.2, 0) is 13.0 Å². The fraction of sp³-hybridized carbons (Fsp3) is 0.500. The van der Waals surface area contributed by atoms with Gasteiger partial charge in [-0.2, -0.15) is 0 Å². The molecule has 6 nitrogen and oxygen atoms in total. The lowest BCUT2D eigenvalue weighted by Crippen LogP contribution is -2.44. The van der Waals surface area contributed by atoms with Crippen molar-refractivity contribution in [2.75, 3.05) is 44.7 Å². The molecule has 2 N–H and O–H groups in total. The number of aryl methyl sites for hydroxylation is 1. The molecule has 162 valence electrons. The summed E-state index contributed by atoms with van der Waals surface area (Å²) in [5.74, 6) is 1.93. The zero-order chi connectivity index (χ0) is 21.2. The summed E-state index contributed by atoms with van der Waals surface area (Å²) >= 11 is 0. The molecule has 1 aliphatic rings. The summed E-state index contributed by atoms with van der Waals surface area (Å²) < 4.78 is 0. The van der Waals surface area contributed by atoms with E-state index in [1.165, 1.54) is 5.56 Å². The van der Waals surface area contributed by atoms with Gasteiger partial charge in [0.15, 0.2) is 5.96 Å². The van der Waals surface area contributed by atoms with Crippen molar-refractivity contribution in [1.29, 1.82) is 0 Å². The topological polar surface area (TPSA) is 55.8 Å². The van der Waals surface area contributed by atoms with Gasteiger partial charge < -0.3 is 20.4 Å². The summed E-state index contributed by atoms with van der Waals surface area (Å²) in [6.07, 6.45) is 4.08. The summed E-state index contributed by atoms with van der Waals surface area (Å²) in [6, 6.07) is 15.2. The number of pyridine rings is 1.